The Hall–Kier alpha value is -3.73. The molecule has 2 amide bonds. The van der Waals surface area contributed by atoms with Crippen molar-refractivity contribution >= 4 is 28.7 Å². The first-order chi connectivity index (χ1) is 16.3. The van der Waals surface area contributed by atoms with Gasteiger partial charge in [-0.2, -0.15) is 0 Å². The van der Waals surface area contributed by atoms with E-state index in [-0.39, 0.29) is 18.2 Å². The standard InChI is InChI=1S/C23H30N6O5/c1-4-34-13-7-11-24-21(31)16-8-5-9-17(14-16)26-18(30)10-6-12-29-15-25-20-19(29)22(32)28(3)23(33)27(20)2/h5,8-9,14-15H,4,6-7,10-13H2,1-3H3,(H,24,31)(H,26,30). The van der Waals surface area contributed by atoms with E-state index in [2.05, 4.69) is 15.6 Å². The van der Waals surface area contributed by atoms with Crippen LogP contribution in [0.2, 0.25) is 0 Å². The first kappa shape index (κ1) is 24.9. The Morgan fingerprint density at radius 1 is 1.12 bits per heavy atom. The number of fused-ring (bicyclic) bond motifs is 1. The highest BCUT2D eigenvalue weighted by Crippen LogP contribution is 2.12. The normalized spacial score (nSPS) is 11.0. The minimum atomic E-state index is -0.441. The predicted molar refractivity (Wildman–Crippen MR) is 128 cm³/mol. The lowest BCUT2D eigenvalue weighted by atomic mass is 10.1. The van der Waals surface area contributed by atoms with E-state index in [1.165, 1.54) is 17.9 Å². The summed E-state index contributed by atoms with van der Waals surface area (Å²) in [6, 6.07) is 6.74. The number of aryl methyl sites for hydroxylation is 2. The van der Waals surface area contributed by atoms with Crippen molar-refractivity contribution in [2.24, 2.45) is 14.1 Å². The number of nitrogens with zero attached hydrogens (tertiary/aromatic N) is 4. The molecule has 11 heteroatoms. The van der Waals surface area contributed by atoms with Gasteiger partial charge in [-0.15, -0.1) is 0 Å². The van der Waals surface area contributed by atoms with Crippen LogP contribution in [0.4, 0.5) is 5.69 Å². The average Bonchev–Trinajstić information content (AvgIpc) is 3.25. The van der Waals surface area contributed by atoms with Crippen molar-refractivity contribution in [2.75, 3.05) is 25.1 Å². The maximum Gasteiger partial charge on any atom is 0.332 e. The van der Waals surface area contributed by atoms with E-state index < -0.39 is 11.2 Å². The highest BCUT2D eigenvalue weighted by molar-refractivity contribution is 5.97. The van der Waals surface area contributed by atoms with E-state index in [4.69, 9.17) is 4.74 Å². The fourth-order valence-corrected chi connectivity index (χ4v) is 3.56. The van der Waals surface area contributed by atoms with Gasteiger partial charge in [-0.05, 0) is 38.0 Å². The van der Waals surface area contributed by atoms with Crippen molar-refractivity contribution in [3.63, 3.8) is 0 Å². The van der Waals surface area contributed by atoms with Gasteiger partial charge in [0.1, 0.15) is 0 Å². The zero-order valence-corrected chi connectivity index (χ0v) is 19.7. The summed E-state index contributed by atoms with van der Waals surface area (Å²) >= 11 is 0. The van der Waals surface area contributed by atoms with Crippen molar-refractivity contribution in [1.82, 2.24) is 24.0 Å². The lowest BCUT2D eigenvalue weighted by molar-refractivity contribution is -0.116. The second-order valence-corrected chi connectivity index (χ2v) is 7.85. The molecule has 3 rings (SSSR count). The predicted octanol–water partition coefficient (Wildman–Crippen LogP) is 1.01. The molecule has 0 atom stereocenters. The molecule has 3 aromatic rings. The molecule has 0 aliphatic rings. The first-order valence-corrected chi connectivity index (χ1v) is 11.2. The maximum atomic E-state index is 12.5. The van der Waals surface area contributed by atoms with Gasteiger partial charge in [-0.25, -0.2) is 9.78 Å². The Bertz CT molecular complexity index is 1290. The maximum absolute atomic E-state index is 12.5. The number of hydrogen-bond acceptors (Lipinski definition) is 6. The van der Waals surface area contributed by atoms with Crippen LogP contribution in [0, 0.1) is 0 Å². The van der Waals surface area contributed by atoms with Crippen molar-refractivity contribution in [2.45, 2.75) is 32.7 Å². The summed E-state index contributed by atoms with van der Waals surface area (Å²) in [5.41, 5.74) is 0.761. The second-order valence-electron chi connectivity index (χ2n) is 7.85. The van der Waals surface area contributed by atoms with Crippen molar-refractivity contribution in [1.29, 1.82) is 0 Å². The van der Waals surface area contributed by atoms with Crippen LogP contribution in [0.3, 0.4) is 0 Å². The number of benzene rings is 1. The number of nitrogens with one attached hydrogen (secondary N) is 2. The summed E-state index contributed by atoms with van der Waals surface area (Å²) in [7, 11) is 2.98. The molecule has 0 saturated heterocycles. The van der Waals surface area contributed by atoms with Crippen LogP contribution in [0.25, 0.3) is 11.2 Å². The van der Waals surface area contributed by atoms with E-state index in [9.17, 15) is 19.2 Å². The van der Waals surface area contributed by atoms with Gasteiger partial charge in [0, 0.05) is 58.1 Å². The van der Waals surface area contributed by atoms with Crippen LogP contribution in [-0.2, 0) is 30.2 Å². The van der Waals surface area contributed by atoms with Crippen molar-refractivity contribution in [3.8, 4) is 0 Å². The third-order valence-corrected chi connectivity index (χ3v) is 5.38. The third-order valence-electron chi connectivity index (χ3n) is 5.38. The minimum absolute atomic E-state index is 0.208. The van der Waals surface area contributed by atoms with Crippen LogP contribution in [0.1, 0.15) is 36.5 Å². The molecule has 2 N–H and O–H groups in total. The molecule has 0 saturated carbocycles. The zero-order chi connectivity index (χ0) is 24.7. The Balaban J connectivity index is 1.54. The Labute approximate surface area is 196 Å². The summed E-state index contributed by atoms with van der Waals surface area (Å²) in [4.78, 5) is 53.4. The van der Waals surface area contributed by atoms with E-state index in [0.717, 1.165) is 11.0 Å². The number of rotatable bonds is 11. The molecule has 2 heterocycles. The minimum Gasteiger partial charge on any atom is -0.382 e. The molecular weight excluding hydrogens is 440 g/mol. The molecule has 0 aliphatic heterocycles. The summed E-state index contributed by atoms with van der Waals surface area (Å²) in [5, 5.41) is 5.63. The molecule has 34 heavy (non-hydrogen) atoms. The smallest absolute Gasteiger partial charge is 0.332 e. The molecule has 0 aliphatic carbocycles. The summed E-state index contributed by atoms with van der Waals surface area (Å²) in [6.45, 7) is 4.06. The Kier molecular flexibility index (Phi) is 8.36. The van der Waals surface area contributed by atoms with Gasteiger partial charge in [0.15, 0.2) is 11.2 Å². The molecule has 0 bridgehead atoms. The molecule has 2 aromatic heterocycles. The van der Waals surface area contributed by atoms with Crippen LogP contribution in [0.5, 0.6) is 0 Å². The molecule has 11 nitrogen and oxygen atoms in total. The highest BCUT2D eigenvalue weighted by atomic mass is 16.5. The number of aromatic nitrogens is 4. The molecule has 0 spiro atoms. The van der Waals surface area contributed by atoms with Crippen LogP contribution < -0.4 is 21.9 Å². The number of imidazole rings is 1. The summed E-state index contributed by atoms with van der Waals surface area (Å²) in [5.74, 6) is -0.422. The summed E-state index contributed by atoms with van der Waals surface area (Å²) < 4.78 is 9.26. The summed E-state index contributed by atoms with van der Waals surface area (Å²) in [6.07, 6.45) is 2.90. The largest absolute Gasteiger partial charge is 0.382 e. The van der Waals surface area contributed by atoms with Crippen LogP contribution in [-0.4, -0.2) is 50.3 Å². The monoisotopic (exact) mass is 470 g/mol. The van der Waals surface area contributed by atoms with Gasteiger partial charge < -0.3 is 19.9 Å². The fraction of sp³-hybridized carbons (Fsp3) is 0.435. The molecule has 182 valence electrons. The number of carbonyl (C=O) groups is 2. The van der Waals surface area contributed by atoms with Gasteiger partial charge >= 0.3 is 5.69 Å². The molecule has 0 fully saturated rings. The fourth-order valence-electron chi connectivity index (χ4n) is 3.56. The van der Waals surface area contributed by atoms with E-state index in [1.54, 1.807) is 35.9 Å². The van der Waals surface area contributed by atoms with Gasteiger partial charge in [0.2, 0.25) is 5.91 Å². The molecular formula is C23H30N6O5. The van der Waals surface area contributed by atoms with E-state index in [1.807, 2.05) is 6.92 Å². The molecule has 0 unspecified atom stereocenters. The van der Waals surface area contributed by atoms with Crippen molar-refractivity contribution < 1.29 is 14.3 Å². The Morgan fingerprint density at radius 2 is 1.91 bits per heavy atom. The van der Waals surface area contributed by atoms with Gasteiger partial charge in [-0.1, -0.05) is 6.07 Å². The lowest BCUT2D eigenvalue weighted by Crippen LogP contribution is -2.37. The average molecular weight is 471 g/mol. The molecule has 0 radical (unpaired) electrons. The Morgan fingerprint density at radius 3 is 2.68 bits per heavy atom. The number of amides is 2. The second kappa shape index (κ2) is 11.4. The number of ether oxygens (including phenoxy) is 1. The van der Waals surface area contributed by atoms with Crippen LogP contribution >= 0.6 is 0 Å². The van der Waals surface area contributed by atoms with Gasteiger partial charge in [-0.3, -0.25) is 23.5 Å². The number of hydrogen-bond donors (Lipinski definition) is 2. The zero-order valence-electron chi connectivity index (χ0n) is 19.7. The lowest BCUT2D eigenvalue weighted by Gasteiger charge is -2.09. The highest BCUT2D eigenvalue weighted by Gasteiger charge is 2.14. The number of carbonyl (C=O) groups excluding carboxylic acids is 2. The van der Waals surface area contributed by atoms with Gasteiger partial charge in [0.05, 0.1) is 6.33 Å². The van der Waals surface area contributed by atoms with Gasteiger partial charge in [0.25, 0.3) is 11.5 Å². The quantitative estimate of drug-likeness (QED) is 0.403. The topological polar surface area (TPSA) is 129 Å². The van der Waals surface area contributed by atoms with Crippen molar-refractivity contribution in [3.05, 3.63) is 57.0 Å². The SMILES string of the molecule is CCOCCCNC(=O)c1cccc(NC(=O)CCCn2cnc3c2c(=O)n(C)c(=O)n3C)c1. The first-order valence-electron chi connectivity index (χ1n) is 11.2. The van der Waals surface area contributed by atoms with E-state index >= 15 is 0 Å². The molecule has 1 aromatic carbocycles. The number of anilines is 1. The van der Waals surface area contributed by atoms with Crippen LogP contribution in [0.15, 0.2) is 40.2 Å². The third kappa shape index (κ3) is 5.79. The van der Waals surface area contributed by atoms with E-state index in [0.29, 0.717) is 55.1 Å².